The Morgan fingerprint density at radius 2 is 1.69 bits per heavy atom. The quantitative estimate of drug-likeness (QED) is 0.673. The normalized spacial score (nSPS) is 16.1. The number of hydrogen-bond acceptors (Lipinski definition) is 5. The van der Waals surface area contributed by atoms with Gasteiger partial charge in [-0.25, -0.2) is 4.90 Å². The fraction of sp³-hybridized carbons (Fsp3) is 0.318. The molecule has 7 heteroatoms. The van der Waals surface area contributed by atoms with Gasteiger partial charge in [-0.3, -0.25) is 14.4 Å². The van der Waals surface area contributed by atoms with Crippen LogP contribution >= 0.6 is 0 Å². The van der Waals surface area contributed by atoms with E-state index in [9.17, 15) is 14.4 Å². The summed E-state index contributed by atoms with van der Waals surface area (Å²) in [6.07, 6.45) is -0.0399. The van der Waals surface area contributed by atoms with Crippen LogP contribution in [-0.2, 0) is 20.9 Å². The van der Waals surface area contributed by atoms with Crippen molar-refractivity contribution in [3.05, 3.63) is 54.1 Å². The van der Waals surface area contributed by atoms with Crippen molar-refractivity contribution >= 4 is 23.4 Å². The number of carbonyl (C=O) groups excluding carboxylic acids is 3. The lowest BCUT2D eigenvalue weighted by molar-refractivity contribution is -0.137. The number of hydrogen-bond donors (Lipinski definition) is 0. The van der Waals surface area contributed by atoms with Crippen LogP contribution in [0.3, 0.4) is 0 Å². The molecule has 1 heterocycles. The van der Waals surface area contributed by atoms with E-state index < -0.39 is 11.9 Å². The first kappa shape index (κ1) is 20.4. The first-order chi connectivity index (χ1) is 13.9. The third-order valence-electron chi connectivity index (χ3n) is 4.82. The van der Waals surface area contributed by atoms with Crippen LogP contribution in [0, 0.1) is 0 Å². The van der Waals surface area contributed by atoms with Crippen molar-refractivity contribution in [2.75, 3.05) is 18.6 Å². The molecule has 7 nitrogen and oxygen atoms in total. The molecule has 0 saturated carbocycles. The highest BCUT2D eigenvalue weighted by atomic mass is 16.5. The lowest BCUT2D eigenvalue weighted by Gasteiger charge is -2.26. The topological polar surface area (TPSA) is 76.2 Å². The van der Waals surface area contributed by atoms with Gasteiger partial charge in [0.25, 0.3) is 5.91 Å². The first-order valence-electron chi connectivity index (χ1n) is 9.44. The van der Waals surface area contributed by atoms with Crippen molar-refractivity contribution in [2.45, 2.75) is 32.9 Å². The Bertz CT molecular complexity index is 892. The zero-order valence-electron chi connectivity index (χ0n) is 16.8. The van der Waals surface area contributed by atoms with E-state index in [-0.39, 0.29) is 24.8 Å². The second-order valence-corrected chi connectivity index (χ2v) is 6.71. The number of anilines is 1. The fourth-order valence-electron chi connectivity index (χ4n) is 3.36. The van der Waals surface area contributed by atoms with E-state index in [4.69, 9.17) is 9.47 Å². The summed E-state index contributed by atoms with van der Waals surface area (Å²) < 4.78 is 10.5. The van der Waals surface area contributed by atoms with Crippen LogP contribution in [0.5, 0.6) is 11.5 Å². The third-order valence-corrected chi connectivity index (χ3v) is 4.82. The smallest absolute Gasteiger partial charge is 0.257 e. The van der Waals surface area contributed by atoms with Gasteiger partial charge in [0.05, 0.1) is 25.8 Å². The van der Waals surface area contributed by atoms with E-state index in [1.165, 1.54) is 11.8 Å². The van der Waals surface area contributed by atoms with Crippen LogP contribution in [0.1, 0.15) is 25.8 Å². The van der Waals surface area contributed by atoms with Gasteiger partial charge in [-0.15, -0.1) is 0 Å². The van der Waals surface area contributed by atoms with Crippen LogP contribution < -0.4 is 14.4 Å². The SMILES string of the molecule is CCOc1ccc(N2C(=O)CC(N(Cc3ccc(OC)cc3)C(C)=O)C2=O)cc1. The lowest BCUT2D eigenvalue weighted by Crippen LogP contribution is -2.44. The Morgan fingerprint density at radius 3 is 2.24 bits per heavy atom. The molecule has 29 heavy (non-hydrogen) atoms. The highest BCUT2D eigenvalue weighted by molar-refractivity contribution is 6.23. The van der Waals surface area contributed by atoms with Crippen molar-refractivity contribution in [2.24, 2.45) is 0 Å². The highest BCUT2D eigenvalue weighted by Crippen LogP contribution is 2.28. The van der Waals surface area contributed by atoms with E-state index in [0.29, 0.717) is 23.8 Å². The van der Waals surface area contributed by atoms with Crippen LogP contribution in [-0.4, -0.2) is 42.4 Å². The number of rotatable bonds is 7. The van der Waals surface area contributed by atoms with Gasteiger partial charge in [-0.1, -0.05) is 12.1 Å². The number of ether oxygens (including phenoxy) is 2. The second-order valence-electron chi connectivity index (χ2n) is 6.71. The Morgan fingerprint density at radius 1 is 1.07 bits per heavy atom. The zero-order valence-corrected chi connectivity index (χ0v) is 16.8. The van der Waals surface area contributed by atoms with Crippen molar-refractivity contribution in [1.29, 1.82) is 0 Å². The van der Waals surface area contributed by atoms with Gasteiger partial charge < -0.3 is 14.4 Å². The predicted octanol–water partition coefficient (Wildman–Crippen LogP) is 2.77. The van der Waals surface area contributed by atoms with E-state index >= 15 is 0 Å². The summed E-state index contributed by atoms with van der Waals surface area (Å²) in [5.41, 5.74) is 1.32. The summed E-state index contributed by atoms with van der Waals surface area (Å²) in [5.74, 6) is 0.377. The van der Waals surface area contributed by atoms with Gasteiger partial charge in [-0.2, -0.15) is 0 Å². The number of methoxy groups -OCH3 is 1. The van der Waals surface area contributed by atoms with E-state index in [0.717, 1.165) is 10.5 Å². The zero-order chi connectivity index (χ0) is 21.0. The van der Waals surface area contributed by atoms with Crippen molar-refractivity contribution in [1.82, 2.24) is 4.90 Å². The lowest BCUT2D eigenvalue weighted by atomic mass is 10.1. The van der Waals surface area contributed by atoms with Gasteiger partial charge in [0.15, 0.2) is 0 Å². The van der Waals surface area contributed by atoms with Crippen LogP contribution in [0.25, 0.3) is 0 Å². The Kier molecular flexibility index (Phi) is 6.16. The molecule has 0 aromatic heterocycles. The number of carbonyl (C=O) groups is 3. The van der Waals surface area contributed by atoms with Crippen molar-refractivity contribution < 1.29 is 23.9 Å². The molecule has 1 saturated heterocycles. The van der Waals surface area contributed by atoms with E-state index in [2.05, 4.69) is 0 Å². The molecule has 3 rings (SSSR count). The molecule has 152 valence electrons. The summed E-state index contributed by atoms with van der Waals surface area (Å²) >= 11 is 0. The van der Waals surface area contributed by atoms with Crippen LogP contribution in [0.4, 0.5) is 5.69 Å². The van der Waals surface area contributed by atoms with Gasteiger partial charge in [-0.05, 0) is 48.9 Å². The molecular formula is C22H24N2O5. The summed E-state index contributed by atoms with van der Waals surface area (Å²) in [6, 6.07) is 13.2. The number of benzene rings is 2. The predicted molar refractivity (Wildman–Crippen MR) is 108 cm³/mol. The average Bonchev–Trinajstić information content (AvgIpc) is 3.01. The van der Waals surface area contributed by atoms with Gasteiger partial charge in [0, 0.05) is 13.5 Å². The molecule has 1 aliphatic rings. The molecule has 0 aliphatic carbocycles. The summed E-state index contributed by atoms with van der Waals surface area (Å²) in [5, 5.41) is 0. The third kappa shape index (κ3) is 4.39. The standard InChI is InChI=1S/C22H24N2O5/c1-4-29-19-11-7-17(8-12-19)24-21(26)13-20(22(24)27)23(15(2)25)14-16-5-9-18(28-3)10-6-16/h5-12,20H,4,13-14H2,1-3H3. The Labute approximate surface area is 169 Å². The highest BCUT2D eigenvalue weighted by Gasteiger charge is 2.43. The van der Waals surface area contributed by atoms with Crippen LogP contribution in [0.15, 0.2) is 48.5 Å². The summed E-state index contributed by atoms with van der Waals surface area (Å²) in [6.45, 7) is 4.05. The first-order valence-corrected chi connectivity index (χ1v) is 9.44. The minimum Gasteiger partial charge on any atom is -0.497 e. The molecule has 2 aromatic rings. The maximum atomic E-state index is 13.0. The maximum absolute atomic E-state index is 13.0. The van der Waals surface area contributed by atoms with Crippen LogP contribution in [0.2, 0.25) is 0 Å². The fourth-order valence-corrected chi connectivity index (χ4v) is 3.36. The number of nitrogens with zero attached hydrogens (tertiary/aromatic N) is 2. The molecule has 0 N–H and O–H groups in total. The Hall–Kier alpha value is -3.35. The monoisotopic (exact) mass is 396 g/mol. The summed E-state index contributed by atoms with van der Waals surface area (Å²) in [7, 11) is 1.58. The number of imide groups is 1. The van der Waals surface area contributed by atoms with Gasteiger partial charge >= 0.3 is 0 Å². The molecule has 1 unspecified atom stereocenters. The average molecular weight is 396 g/mol. The van der Waals surface area contributed by atoms with Gasteiger partial charge in [0.2, 0.25) is 11.8 Å². The molecule has 1 fully saturated rings. The minimum absolute atomic E-state index is 0.0399. The molecule has 0 bridgehead atoms. The minimum atomic E-state index is -0.825. The maximum Gasteiger partial charge on any atom is 0.257 e. The molecule has 1 aliphatic heterocycles. The second kappa shape index (κ2) is 8.77. The molecule has 3 amide bonds. The van der Waals surface area contributed by atoms with E-state index in [1.807, 2.05) is 19.1 Å². The van der Waals surface area contributed by atoms with Gasteiger partial charge in [0.1, 0.15) is 17.5 Å². The number of amides is 3. The molecule has 0 spiro atoms. The van der Waals surface area contributed by atoms with Crippen molar-refractivity contribution in [3.63, 3.8) is 0 Å². The largest absolute Gasteiger partial charge is 0.497 e. The van der Waals surface area contributed by atoms with E-state index in [1.54, 1.807) is 43.5 Å². The molecule has 0 radical (unpaired) electrons. The summed E-state index contributed by atoms with van der Waals surface area (Å²) in [4.78, 5) is 40.5. The molecular weight excluding hydrogens is 372 g/mol. The molecule has 1 atom stereocenters. The van der Waals surface area contributed by atoms with Crippen molar-refractivity contribution in [3.8, 4) is 11.5 Å². The molecule has 2 aromatic carbocycles. The Balaban J connectivity index is 1.80.